The van der Waals surface area contributed by atoms with E-state index in [1.807, 2.05) is 24.3 Å². The summed E-state index contributed by atoms with van der Waals surface area (Å²) in [5.41, 5.74) is 1.21. The quantitative estimate of drug-likeness (QED) is 0.558. The second kappa shape index (κ2) is 9.14. The monoisotopic (exact) mass is 314 g/mol. The maximum Gasteiger partial charge on any atom is 0.133 e. The molecule has 1 aromatic rings. The second-order valence-electron chi connectivity index (χ2n) is 4.00. The molecule has 3 nitrogen and oxygen atoms in total. The van der Waals surface area contributed by atoms with Crippen molar-refractivity contribution in [3.05, 3.63) is 40.9 Å². The Bertz CT molecular complexity index is 369. The zero-order chi connectivity index (χ0) is 13.2. The first-order chi connectivity index (χ1) is 8.74. The summed E-state index contributed by atoms with van der Waals surface area (Å²) in [6, 6.07) is 6.04. The minimum atomic E-state index is 0.573. The average molecular weight is 315 g/mol. The lowest BCUT2D eigenvalue weighted by molar-refractivity contribution is -0.647. The lowest BCUT2D eigenvalue weighted by Gasteiger charge is -2.09. The first kappa shape index (κ1) is 15.2. The standard InChI is InChI=1S/C14H20BrNO2/c1-3-6-16-7-8-17-9-10-18-14-5-4-12(2)11-13(14)15/h3-5,11,16H,1,6-10H2,2H3/p+1. The summed E-state index contributed by atoms with van der Waals surface area (Å²) in [6.45, 7) is 9.54. The highest BCUT2D eigenvalue weighted by atomic mass is 79.9. The predicted octanol–water partition coefficient (Wildman–Crippen LogP) is 1.90. The molecule has 0 radical (unpaired) electrons. The van der Waals surface area contributed by atoms with E-state index in [-0.39, 0.29) is 0 Å². The average Bonchev–Trinajstić information content (AvgIpc) is 2.35. The van der Waals surface area contributed by atoms with E-state index in [0.29, 0.717) is 13.2 Å². The van der Waals surface area contributed by atoms with Gasteiger partial charge in [-0.1, -0.05) is 12.6 Å². The van der Waals surface area contributed by atoms with E-state index in [1.165, 1.54) is 5.56 Å². The van der Waals surface area contributed by atoms with Crippen molar-refractivity contribution in [2.24, 2.45) is 0 Å². The molecule has 18 heavy (non-hydrogen) atoms. The number of aryl methyl sites for hydroxylation is 1. The van der Waals surface area contributed by atoms with Crippen LogP contribution in [0.25, 0.3) is 0 Å². The maximum absolute atomic E-state index is 5.62. The molecular formula is C14H21BrNO2+. The Labute approximate surface area is 117 Å². The normalized spacial score (nSPS) is 10.3. The molecule has 2 N–H and O–H groups in total. The molecule has 0 amide bonds. The maximum atomic E-state index is 5.62. The number of hydrogen-bond acceptors (Lipinski definition) is 2. The fourth-order valence-electron chi connectivity index (χ4n) is 1.44. The summed E-state index contributed by atoms with van der Waals surface area (Å²) in [4.78, 5) is 0. The molecule has 100 valence electrons. The van der Waals surface area contributed by atoms with Gasteiger partial charge in [0.25, 0.3) is 0 Å². The molecular weight excluding hydrogens is 294 g/mol. The molecule has 0 heterocycles. The van der Waals surface area contributed by atoms with Crippen molar-refractivity contribution in [3.63, 3.8) is 0 Å². The summed E-state index contributed by atoms with van der Waals surface area (Å²) in [5.74, 6) is 0.863. The van der Waals surface area contributed by atoms with Gasteiger partial charge >= 0.3 is 0 Å². The van der Waals surface area contributed by atoms with Gasteiger partial charge in [-0.05, 0) is 46.6 Å². The number of hydrogen-bond donors (Lipinski definition) is 1. The SMILES string of the molecule is C=CC[NH2+]CCOCCOc1ccc(C)cc1Br. The Hall–Kier alpha value is -0.840. The Kier molecular flexibility index (Phi) is 7.73. The van der Waals surface area contributed by atoms with Gasteiger partial charge in [0.15, 0.2) is 0 Å². The lowest BCUT2D eigenvalue weighted by Crippen LogP contribution is -2.84. The van der Waals surface area contributed by atoms with Crippen molar-refractivity contribution < 1.29 is 14.8 Å². The number of halogens is 1. The predicted molar refractivity (Wildman–Crippen MR) is 77.0 cm³/mol. The fourth-order valence-corrected chi connectivity index (χ4v) is 2.05. The van der Waals surface area contributed by atoms with Crippen LogP contribution >= 0.6 is 15.9 Å². The molecule has 1 aromatic carbocycles. The van der Waals surface area contributed by atoms with Crippen LogP contribution < -0.4 is 10.1 Å². The second-order valence-corrected chi connectivity index (χ2v) is 4.85. The highest BCUT2D eigenvalue weighted by Crippen LogP contribution is 2.25. The van der Waals surface area contributed by atoms with Gasteiger partial charge in [0.05, 0.1) is 30.8 Å². The molecule has 0 bridgehead atoms. The minimum Gasteiger partial charge on any atom is -0.490 e. The smallest absolute Gasteiger partial charge is 0.133 e. The zero-order valence-corrected chi connectivity index (χ0v) is 12.4. The first-order valence-corrected chi connectivity index (χ1v) is 6.92. The number of quaternary nitrogens is 1. The van der Waals surface area contributed by atoms with Crippen molar-refractivity contribution in [1.82, 2.24) is 0 Å². The van der Waals surface area contributed by atoms with Crippen molar-refractivity contribution in [1.29, 1.82) is 0 Å². The fraction of sp³-hybridized carbons (Fsp3) is 0.429. The van der Waals surface area contributed by atoms with Crippen LogP contribution in [-0.2, 0) is 4.74 Å². The van der Waals surface area contributed by atoms with Crippen LogP contribution in [0.2, 0.25) is 0 Å². The van der Waals surface area contributed by atoms with Crippen molar-refractivity contribution in [3.8, 4) is 5.75 Å². The Morgan fingerprint density at radius 1 is 1.33 bits per heavy atom. The summed E-state index contributed by atoms with van der Waals surface area (Å²) in [7, 11) is 0. The van der Waals surface area contributed by atoms with Gasteiger partial charge in [0, 0.05) is 0 Å². The van der Waals surface area contributed by atoms with E-state index >= 15 is 0 Å². The van der Waals surface area contributed by atoms with Crippen LogP contribution in [0.15, 0.2) is 35.3 Å². The van der Waals surface area contributed by atoms with Gasteiger partial charge in [0.2, 0.25) is 0 Å². The molecule has 1 rings (SSSR count). The first-order valence-electron chi connectivity index (χ1n) is 6.13. The molecule has 4 heteroatoms. The molecule has 0 aliphatic rings. The van der Waals surface area contributed by atoms with Gasteiger partial charge in [-0.2, -0.15) is 0 Å². The summed E-state index contributed by atoms with van der Waals surface area (Å²) >= 11 is 3.48. The molecule has 0 fully saturated rings. The van der Waals surface area contributed by atoms with E-state index in [1.54, 1.807) is 0 Å². The summed E-state index contributed by atoms with van der Waals surface area (Å²) in [5, 5.41) is 2.16. The van der Waals surface area contributed by atoms with Crippen LogP contribution in [0.4, 0.5) is 0 Å². The Balaban J connectivity index is 2.09. The number of nitrogens with two attached hydrogens (primary N) is 1. The molecule has 0 aliphatic carbocycles. The van der Waals surface area contributed by atoms with Crippen LogP contribution in [0.3, 0.4) is 0 Å². The van der Waals surface area contributed by atoms with Crippen molar-refractivity contribution >= 4 is 15.9 Å². The molecule has 0 atom stereocenters. The molecule has 0 aliphatic heterocycles. The minimum absolute atomic E-state index is 0.573. The van der Waals surface area contributed by atoms with E-state index < -0.39 is 0 Å². The third-order valence-electron chi connectivity index (χ3n) is 2.37. The Morgan fingerprint density at radius 3 is 2.89 bits per heavy atom. The molecule has 0 saturated carbocycles. The summed E-state index contributed by atoms with van der Waals surface area (Å²) < 4.78 is 12.1. The number of ether oxygens (including phenoxy) is 2. The van der Waals surface area contributed by atoms with Gasteiger partial charge in [-0.15, -0.1) is 0 Å². The largest absolute Gasteiger partial charge is 0.490 e. The zero-order valence-electron chi connectivity index (χ0n) is 10.8. The van der Waals surface area contributed by atoms with Gasteiger partial charge < -0.3 is 14.8 Å². The van der Waals surface area contributed by atoms with Gasteiger partial charge in [0.1, 0.15) is 12.4 Å². The van der Waals surface area contributed by atoms with E-state index in [0.717, 1.165) is 29.9 Å². The van der Waals surface area contributed by atoms with Crippen LogP contribution in [-0.4, -0.2) is 32.9 Å². The summed E-state index contributed by atoms with van der Waals surface area (Å²) in [6.07, 6.45) is 1.89. The number of rotatable bonds is 9. The molecule has 0 aromatic heterocycles. The third-order valence-corrected chi connectivity index (χ3v) is 2.99. The molecule has 0 unspecified atom stereocenters. The van der Waals surface area contributed by atoms with Crippen molar-refractivity contribution in [2.45, 2.75) is 6.92 Å². The van der Waals surface area contributed by atoms with Crippen LogP contribution in [0, 0.1) is 6.92 Å². The van der Waals surface area contributed by atoms with E-state index in [9.17, 15) is 0 Å². The topological polar surface area (TPSA) is 35.1 Å². The third kappa shape index (κ3) is 6.19. The number of benzene rings is 1. The van der Waals surface area contributed by atoms with Gasteiger partial charge in [-0.25, -0.2) is 0 Å². The molecule has 0 spiro atoms. The van der Waals surface area contributed by atoms with Gasteiger partial charge in [-0.3, -0.25) is 0 Å². The highest BCUT2D eigenvalue weighted by Gasteiger charge is 2.00. The van der Waals surface area contributed by atoms with E-state index in [2.05, 4.69) is 34.7 Å². The lowest BCUT2D eigenvalue weighted by atomic mass is 10.2. The van der Waals surface area contributed by atoms with Crippen LogP contribution in [0.1, 0.15) is 5.56 Å². The van der Waals surface area contributed by atoms with Crippen molar-refractivity contribution in [2.75, 3.05) is 32.9 Å². The van der Waals surface area contributed by atoms with E-state index in [4.69, 9.17) is 9.47 Å². The van der Waals surface area contributed by atoms with Crippen LogP contribution in [0.5, 0.6) is 5.75 Å². The Morgan fingerprint density at radius 2 is 2.17 bits per heavy atom. The highest BCUT2D eigenvalue weighted by molar-refractivity contribution is 9.10. The molecule has 0 saturated heterocycles.